The number of carboxylic acids is 1. The fraction of sp³-hybridized carbons (Fsp3) is 0.385. The maximum absolute atomic E-state index is 11.7. The number of carbonyl (C=O) groups is 2. The summed E-state index contributed by atoms with van der Waals surface area (Å²) in [6, 6.07) is 3.45. The number of carbonyl (C=O) groups excluding carboxylic acids is 1. The number of alkyl carbamates (subject to hydrolysis) is 1. The zero-order chi connectivity index (χ0) is 15.5. The lowest BCUT2D eigenvalue weighted by atomic mass is 10.1. The predicted octanol–water partition coefficient (Wildman–Crippen LogP) is 3.75. The Hall–Kier alpha value is -1.27. The first kappa shape index (κ1) is 16.8. The van der Waals surface area contributed by atoms with Crippen molar-refractivity contribution in [1.29, 1.82) is 0 Å². The Morgan fingerprint density at radius 1 is 1.40 bits per heavy atom. The van der Waals surface area contributed by atoms with Gasteiger partial charge < -0.3 is 15.2 Å². The number of benzene rings is 1. The van der Waals surface area contributed by atoms with Crippen LogP contribution in [0.1, 0.15) is 32.4 Å². The van der Waals surface area contributed by atoms with Crippen molar-refractivity contribution in [3.63, 3.8) is 0 Å². The average Bonchev–Trinajstić information content (AvgIpc) is 2.27. The number of ether oxygens (including phenoxy) is 1. The van der Waals surface area contributed by atoms with Crippen LogP contribution in [-0.4, -0.2) is 22.8 Å². The molecule has 0 saturated heterocycles. The number of rotatable bonds is 3. The van der Waals surface area contributed by atoms with E-state index >= 15 is 0 Å². The molecule has 0 fully saturated rings. The van der Waals surface area contributed by atoms with Gasteiger partial charge in [-0.1, -0.05) is 27.5 Å². The first-order valence-electron chi connectivity index (χ1n) is 5.77. The topological polar surface area (TPSA) is 75.6 Å². The van der Waals surface area contributed by atoms with Gasteiger partial charge in [0.05, 0.1) is 0 Å². The molecule has 2 N–H and O–H groups in total. The average molecular weight is 365 g/mol. The number of hydrogen-bond donors (Lipinski definition) is 2. The molecule has 5 nitrogen and oxygen atoms in total. The predicted molar refractivity (Wildman–Crippen MR) is 78.9 cm³/mol. The zero-order valence-electron chi connectivity index (χ0n) is 11.2. The van der Waals surface area contributed by atoms with Crippen molar-refractivity contribution >= 4 is 39.6 Å². The van der Waals surface area contributed by atoms with Gasteiger partial charge in [0.15, 0.2) is 6.04 Å². The van der Waals surface area contributed by atoms with Crippen molar-refractivity contribution in [2.45, 2.75) is 32.4 Å². The van der Waals surface area contributed by atoms with Crippen molar-refractivity contribution in [3.8, 4) is 0 Å². The van der Waals surface area contributed by atoms with Gasteiger partial charge in [0.2, 0.25) is 0 Å². The van der Waals surface area contributed by atoms with E-state index in [0.29, 0.717) is 15.1 Å². The van der Waals surface area contributed by atoms with E-state index in [1.807, 2.05) is 0 Å². The summed E-state index contributed by atoms with van der Waals surface area (Å²) in [7, 11) is 0. The van der Waals surface area contributed by atoms with Crippen LogP contribution in [0.4, 0.5) is 4.79 Å². The molecule has 0 spiro atoms. The van der Waals surface area contributed by atoms with E-state index < -0.39 is 23.7 Å². The fourth-order valence-electron chi connectivity index (χ4n) is 1.43. The standard InChI is InChI=1S/C13H15BrClNO4/c1-13(2,3)20-12(19)16-10(11(17)18)8-6-7(15)4-5-9(8)14/h4-6,10H,1-3H3,(H,16,19)(H,17,18). The summed E-state index contributed by atoms with van der Waals surface area (Å²) in [5.74, 6) is -1.21. The molecular weight excluding hydrogens is 350 g/mol. The molecule has 20 heavy (non-hydrogen) atoms. The molecule has 0 aromatic heterocycles. The maximum Gasteiger partial charge on any atom is 0.408 e. The van der Waals surface area contributed by atoms with Crippen LogP contribution in [0.15, 0.2) is 22.7 Å². The Morgan fingerprint density at radius 2 is 2.00 bits per heavy atom. The third-order valence-corrected chi connectivity index (χ3v) is 3.13. The molecule has 0 heterocycles. The smallest absolute Gasteiger partial charge is 0.408 e. The van der Waals surface area contributed by atoms with E-state index in [2.05, 4.69) is 21.2 Å². The third-order valence-electron chi connectivity index (χ3n) is 2.18. The van der Waals surface area contributed by atoms with Gasteiger partial charge in [-0.3, -0.25) is 0 Å². The summed E-state index contributed by atoms with van der Waals surface area (Å²) in [6.45, 7) is 5.08. The lowest BCUT2D eigenvalue weighted by molar-refractivity contribution is -0.139. The van der Waals surface area contributed by atoms with Crippen LogP contribution in [0, 0.1) is 0 Å². The number of hydrogen-bond acceptors (Lipinski definition) is 3. The van der Waals surface area contributed by atoms with E-state index in [4.69, 9.17) is 16.3 Å². The van der Waals surface area contributed by atoms with Gasteiger partial charge >= 0.3 is 12.1 Å². The lowest BCUT2D eigenvalue weighted by Gasteiger charge is -2.22. The molecule has 1 rings (SSSR count). The van der Waals surface area contributed by atoms with Crippen LogP contribution in [-0.2, 0) is 9.53 Å². The molecule has 0 saturated carbocycles. The van der Waals surface area contributed by atoms with E-state index in [9.17, 15) is 14.7 Å². The summed E-state index contributed by atoms with van der Waals surface area (Å²) < 4.78 is 5.58. The summed E-state index contributed by atoms with van der Waals surface area (Å²) in [6.07, 6.45) is -0.809. The first-order chi connectivity index (χ1) is 9.10. The molecule has 0 radical (unpaired) electrons. The van der Waals surface area contributed by atoms with Crippen LogP contribution in [0.5, 0.6) is 0 Å². The van der Waals surface area contributed by atoms with Gasteiger partial charge in [0, 0.05) is 15.1 Å². The van der Waals surface area contributed by atoms with Gasteiger partial charge in [-0.25, -0.2) is 9.59 Å². The molecule has 0 aliphatic carbocycles. The largest absolute Gasteiger partial charge is 0.479 e. The fourth-order valence-corrected chi connectivity index (χ4v) is 2.09. The molecular formula is C13H15BrClNO4. The second-order valence-electron chi connectivity index (χ2n) is 5.08. The number of aliphatic carboxylic acids is 1. The van der Waals surface area contributed by atoms with Gasteiger partial charge in [-0.05, 0) is 39.0 Å². The highest BCUT2D eigenvalue weighted by atomic mass is 79.9. The molecule has 1 atom stereocenters. The molecule has 110 valence electrons. The molecule has 1 amide bonds. The number of halogens is 2. The highest BCUT2D eigenvalue weighted by molar-refractivity contribution is 9.10. The van der Waals surface area contributed by atoms with Crippen molar-refractivity contribution < 1.29 is 19.4 Å². The van der Waals surface area contributed by atoms with Crippen molar-refractivity contribution in [3.05, 3.63) is 33.3 Å². The van der Waals surface area contributed by atoms with Crippen molar-refractivity contribution in [2.24, 2.45) is 0 Å². The third kappa shape index (κ3) is 5.02. The minimum absolute atomic E-state index is 0.343. The first-order valence-corrected chi connectivity index (χ1v) is 6.94. The SMILES string of the molecule is CC(C)(C)OC(=O)NC(C(=O)O)c1cc(Cl)ccc1Br. The summed E-state index contributed by atoms with van der Waals surface area (Å²) >= 11 is 9.09. The van der Waals surface area contributed by atoms with Crippen molar-refractivity contribution in [2.75, 3.05) is 0 Å². The van der Waals surface area contributed by atoms with E-state index in [-0.39, 0.29) is 0 Å². The molecule has 0 aliphatic heterocycles. The minimum atomic E-state index is -1.25. The summed E-state index contributed by atoms with van der Waals surface area (Å²) in [5, 5.41) is 11.9. The molecule has 7 heteroatoms. The molecule has 0 aliphatic rings. The Bertz CT molecular complexity index is 528. The Balaban J connectivity index is 2.98. The van der Waals surface area contributed by atoms with Gasteiger partial charge in [0.25, 0.3) is 0 Å². The quantitative estimate of drug-likeness (QED) is 0.856. The monoisotopic (exact) mass is 363 g/mol. The second-order valence-corrected chi connectivity index (χ2v) is 6.37. The summed E-state index contributed by atoms with van der Waals surface area (Å²) in [5.41, 5.74) is -0.366. The molecule has 1 aromatic carbocycles. The van der Waals surface area contributed by atoms with E-state index in [1.54, 1.807) is 32.9 Å². The zero-order valence-corrected chi connectivity index (χ0v) is 13.6. The highest BCUT2D eigenvalue weighted by Gasteiger charge is 2.27. The molecule has 1 unspecified atom stereocenters. The Kier molecular flexibility index (Phi) is 5.42. The van der Waals surface area contributed by atoms with E-state index in [0.717, 1.165) is 0 Å². The van der Waals surface area contributed by atoms with Crippen LogP contribution in [0.25, 0.3) is 0 Å². The number of amides is 1. The number of carboxylic acid groups (broad SMARTS) is 1. The lowest BCUT2D eigenvalue weighted by Crippen LogP contribution is -2.38. The van der Waals surface area contributed by atoms with E-state index in [1.165, 1.54) is 6.07 Å². The maximum atomic E-state index is 11.7. The van der Waals surface area contributed by atoms with Crippen LogP contribution >= 0.6 is 27.5 Å². The molecule has 0 bridgehead atoms. The van der Waals surface area contributed by atoms with Gasteiger partial charge in [-0.15, -0.1) is 0 Å². The second kappa shape index (κ2) is 6.45. The summed E-state index contributed by atoms with van der Waals surface area (Å²) in [4.78, 5) is 23.0. The van der Waals surface area contributed by atoms with Crippen LogP contribution < -0.4 is 5.32 Å². The van der Waals surface area contributed by atoms with Crippen LogP contribution in [0.2, 0.25) is 5.02 Å². The normalized spacial score (nSPS) is 12.7. The van der Waals surface area contributed by atoms with Gasteiger partial charge in [0.1, 0.15) is 5.60 Å². The van der Waals surface area contributed by atoms with Crippen molar-refractivity contribution in [1.82, 2.24) is 5.32 Å². The number of nitrogens with one attached hydrogen (secondary N) is 1. The van der Waals surface area contributed by atoms with Gasteiger partial charge in [-0.2, -0.15) is 0 Å². The minimum Gasteiger partial charge on any atom is -0.479 e. The Morgan fingerprint density at radius 3 is 2.50 bits per heavy atom. The van der Waals surface area contributed by atoms with Crippen LogP contribution in [0.3, 0.4) is 0 Å². The highest BCUT2D eigenvalue weighted by Crippen LogP contribution is 2.27. The Labute approximate surface area is 130 Å². The molecule has 1 aromatic rings.